The van der Waals surface area contributed by atoms with Gasteiger partial charge in [0.1, 0.15) is 5.60 Å². The molecular weight excluding hydrogens is 236 g/mol. The van der Waals surface area contributed by atoms with Gasteiger partial charge >= 0.3 is 5.97 Å². The highest BCUT2D eigenvalue weighted by molar-refractivity contribution is 5.72. The van der Waals surface area contributed by atoms with Crippen LogP contribution in [0.25, 0.3) is 0 Å². The Morgan fingerprint density at radius 2 is 1.84 bits per heavy atom. The van der Waals surface area contributed by atoms with Crippen LogP contribution in [-0.2, 0) is 9.53 Å². The zero-order valence-corrected chi connectivity index (χ0v) is 12.9. The minimum atomic E-state index is -0.162. The van der Waals surface area contributed by atoms with Crippen LogP contribution in [0, 0.1) is 22.7 Å². The van der Waals surface area contributed by atoms with Gasteiger partial charge in [0.05, 0.1) is 0 Å². The summed E-state index contributed by atoms with van der Waals surface area (Å²) >= 11 is 0. The summed E-state index contributed by atoms with van der Waals surface area (Å²) in [5.74, 6) is 1.27. The van der Waals surface area contributed by atoms with Crippen LogP contribution >= 0.6 is 0 Å². The van der Waals surface area contributed by atoms with Crippen molar-refractivity contribution in [3.63, 3.8) is 0 Å². The van der Waals surface area contributed by atoms with Crippen LogP contribution in [0.2, 0.25) is 0 Å². The molecule has 4 unspecified atom stereocenters. The van der Waals surface area contributed by atoms with Crippen molar-refractivity contribution in [1.82, 2.24) is 0 Å². The zero-order chi connectivity index (χ0) is 13.9. The van der Waals surface area contributed by atoms with E-state index < -0.39 is 0 Å². The van der Waals surface area contributed by atoms with Crippen LogP contribution in [-0.4, -0.2) is 11.6 Å². The maximum atomic E-state index is 11.8. The summed E-state index contributed by atoms with van der Waals surface area (Å²) in [6, 6.07) is 0. The Hall–Kier alpha value is -0.530. The number of carbonyl (C=O) groups is 1. The molecule has 2 nitrogen and oxygen atoms in total. The number of fused-ring (bicyclic) bond motifs is 2. The standard InChI is InChI=1S/C17H28O2/c1-12-6-7-13-15(2,3)9-5-10-16(13,4)17(12)11-8-14(18)19-17/h12-13H,5-11H2,1-4H3. The third-order valence-corrected chi connectivity index (χ3v) is 6.88. The van der Waals surface area contributed by atoms with E-state index in [0.29, 0.717) is 23.7 Å². The predicted molar refractivity (Wildman–Crippen MR) is 75.7 cm³/mol. The topological polar surface area (TPSA) is 26.3 Å². The Kier molecular flexibility index (Phi) is 2.82. The van der Waals surface area contributed by atoms with Gasteiger partial charge in [0.2, 0.25) is 0 Å². The molecule has 2 saturated carbocycles. The van der Waals surface area contributed by atoms with Crippen molar-refractivity contribution in [2.45, 2.75) is 78.2 Å². The normalized spacial score (nSPS) is 48.9. The van der Waals surface area contributed by atoms with E-state index in [-0.39, 0.29) is 17.0 Å². The highest BCUT2D eigenvalue weighted by Gasteiger charge is 2.65. The Morgan fingerprint density at radius 1 is 1.11 bits per heavy atom. The fourth-order valence-electron chi connectivity index (χ4n) is 5.89. The molecule has 1 saturated heterocycles. The third kappa shape index (κ3) is 1.64. The molecule has 2 aliphatic carbocycles. The van der Waals surface area contributed by atoms with E-state index in [4.69, 9.17) is 4.74 Å². The van der Waals surface area contributed by atoms with Crippen molar-refractivity contribution >= 4 is 5.97 Å². The van der Waals surface area contributed by atoms with Crippen molar-refractivity contribution < 1.29 is 9.53 Å². The average Bonchev–Trinajstić information content (AvgIpc) is 2.69. The van der Waals surface area contributed by atoms with E-state index in [1.54, 1.807) is 0 Å². The second kappa shape index (κ2) is 3.99. The van der Waals surface area contributed by atoms with Crippen LogP contribution in [0.5, 0.6) is 0 Å². The van der Waals surface area contributed by atoms with E-state index in [1.807, 2.05) is 0 Å². The van der Waals surface area contributed by atoms with E-state index in [2.05, 4.69) is 27.7 Å². The molecule has 2 heteroatoms. The van der Waals surface area contributed by atoms with Gasteiger partial charge in [-0.3, -0.25) is 4.79 Å². The van der Waals surface area contributed by atoms with Crippen molar-refractivity contribution in [2.75, 3.05) is 0 Å². The first-order valence-corrected chi connectivity index (χ1v) is 8.04. The first-order valence-electron chi connectivity index (χ1n) is 8.04. The minimum absolute atomic E-state index is 0.0390. The van der Waals surface area contributed by atoms with Crippen LogP contribution in [0.4, 0.5) is 0 Å². The van der Waals surface area contributed by atoms with Crippen molar-refractivity contribution in [1.29, 1.82) is 0 Å². The molecule has 1 spiro atoms. The number of ether oxygens (including phenoxy) is 1. The molecule has 4 atom stereocenters. The number of hydrogen-bond acceptors (Lipinski definition) is 2. The Morgan fingerprint density at radius 3 is 2.47 bits per heavy atom. The molecule has 19 heavy (non-hydrogen) atoms. The summed E-state index contributed by atoms with van der Waals surface area (Å²) in [6.07, 6.45) is 7.96. The van der Waals surface area contributed by atoms with Crippen LogP contribution < -0.4 is 0 Å². The Labute approximate surface area is 117 Å². The van der Waals surface area contributed by atoms with Crippen molar-refractivity contribution in [3.05, 3.63) is 0 Å². The number of carbonyl (C=O) groups excluding carboxylic acids is 1. The summed E-state index contributed by atoms with van der Waals surface area (Å²) in [6.45, 7) is 9.58. The molecule has 1 aliphatic heterocycles. The number of esters is 1. The summed E-state index contributed by atoms with van der Waals surface area (Å²) in [4.78, 5) is 11.8. The summed E-state index contributed by atoms with van der Waals surface area (Å²) in [5.41, 5.74) is 0.429. The Bertz CT molecular complexity index is 400. The van der Waals surface area contributed by atoms with Gasteiger partial charge in [0.15, 0.2) is 0 Å². The molecule has 108 valence electrons. The van der Waals surface area contributed by atoms with Gasteiger partial charge in [0, 0.05) is 11.8 Å². The molecular formula is C17H28O2. The average molecular weight is 264 g/mol. The highest BCUT2D eigenvalue weighted by Crippen LogP contribution is 2.65. The molecule has 3 rings (SSSR count). The summed E-state index contributed by atoms with van der Waals surface area (Å²) in [7, 11) is 0. The maximum absolute atomic E-state index is 11.8. The first kappa shape index (κ1) is 13.5. The lowest BCUT2D eigenvalue weighted by molar-refractivity contribution is -0.215. The summed E-state index contributed by atoms with van der Waals surface area (Å²) < 4.78 is 6.03. The highest BCUT2D eigenvalue weighted by atomic mass is 16.6. The van der Waals surface area contributed by atoms with Gasteiger partial charge in [0.25, 0.3) is 0 Å². The fourth-order valence-corrected chi connectivity index (χ4v) is 5.89. The van der Waals surface area contributed by atoms with Crippen molar-refractivity contribution in [2.24, 2.45) is 22.7 Å². The molecule has 0 amide bonds. The lowest BCUT2D eigenvalue weighted by Gasteiger charge is -2.62. The van der Waals surface area contributed by atoms with Gasteiger partial charge in [-0.1, -0.05) is 34.1 Å². The van der Waals surface area contributed by atoms with Crippen molar-refractivity contribution in [3.8, 4) is 0 Å². The van der Waals surface area contributed by atoms with E-state index in [1.165, 1.54) is 32.1 Å². The SMILES string of the molecule is CC1CCC2C(C)(C)CCCC2(C)C12CCC(=O)O2. The lowest BCUT2D eigenvalue weighted by atomic mass is 9.44. The van der Waals surface area contributed by atoms with Crippen LogP contribution in [0.3, 0.4) is 0 Å². The molecule has 0 aromatic rings. The molecule has 0 N–H and O–H groups in total. The molecule has 0 bridgehead atoms. The predicted octanol–water partition coefficient (Wildman–Crippen LogP) is 4.32. The fraction of sp³-hybridized carbons (Fsp3) is 0.941. The van der Waals surface area contributed by atoms with Gasteiger partial charge in [-0.05, 0) is 49.4 Å². The van der Waals surface area contributed by atoms with E-state index in [9.17, 15) is 4.79 Å². The van der Waals surface area contributed by atoms with Gasteiger partial charge in [-0.2, -0.15) is 0 Å². The minimum Gasteiger partial charge on any atom is -0.458 e. The summed E-state index contributed by atoms with van der Waals surface area (Å²) in [5, 5.41) is 0. The monoisotopic (exact) mass is 264 g/mol. The number of hydrogen-bond donors (Lipinski definition) is 0. The smallest absolute Gasteiger partial charge is 0.306 e. The second-order valence-electron chi connectivity index (χ2n) is 8.15. The molecule has 3 aliphatic rings. The largest absolute Gasteiger partial charge is 0.458 e. The van der Waals surface area contributed by atoms with Gasteiger partial charge in [-0.15, -0.1) is 0 Å². The second-order valence-corrected chi connectivity index (χ2v) is 8.15. The molecule has 3 fully saturated rings. The lowest BCUT2D eigenvalue weighted by Crippen LogP contribution is -2.62. The number of rotatable bonds is 0. The molecule has 1 heterocycles. The Balaban J connectivity index is 2.05. The molecule has 0 aromatic heterocycles. The van der Waals surface area contributed by atoms with E-state index >= 15 is 0 Å². The van der Waals surface area contributed by atoms with Crippen LogP contribution in [0.1, 0.15) is 72.6 Å². The van der Waals surface area contributed by atoms with Gasteiger partial charge in [-0.25, -0.2) is 0 Å². The zero-order valence-electron chi connectivity index (χ0n) is 12.9. The quantitative estimate of drug-likeness (QED) is 0.609. The van der Waals surface area contributed by atoms with Crippen LogP contribution in [0.15, 0.2) is 0 Å². The first-order chi connectivity index (χ1) is 8.82. The van der Waals surface area contributed by atoms with E-state index in [0.717, 1.165) is 6.42 Å². The maximum Gasteiger partial charge on any atom is 0.306 e. The molecule has 0 radical (unpaired) electrons. The molecule has 0 aromatic carbocycles. The van der Waals surface area contributed by atoms with Gasteiger partial charge < -0.3 is 4.74 Å². The third-order valence-electron chi connectivity index (χ3n) is 6.88.